The number of aromatic nitrogens is 1. The summed E-state index contributed by atoms with van der Waals surface area (Å²) >= 11 is 0. The summed E-state index contributed by atoms with van der Waals surface area (Å²) in [6.45, 7) is 0. The van der Waals surface area contributed by atoms with E-state index in [-0.39, 0.29) is 11.9 Å². The maximum atomic E-state index is 14.0. The van der Waals surface area contributed by atoms with E-state index in [2.05, 4.69) is 41.4 Å². The number of nitrogens with zero attached hydrogens (tertiary/aromatic N) is 2. The smallest absolute Gasteiger partial charge is 0.245 e. The van der Waals surface area contributed by atoms with Crippen LogP contribution in [0.3, 0.4) is 0 Å². The van der Waals surface area contributed by atoms with Gasteiger partial charge in [0.2, 0.25) is 5.91 Å². The molecule has 4 aromatic rings. The second-order valence-corrected chi connectivity index (χ2v) is 7.24. The van der Waals surface area contributed by atoms with E-state index >= 15 is 0 Å². The molecule has 2 heterocycles. The van der Waals surface area contributed by atoms with E-state index in [1.165, 1.54) is 0 Å². The van der Waals surface area contributed by atoms with Gasteiger partial charge in [-0.15, -0.1) is 0 Å². The molecule has 3 aromatic carbocycles. The topological polar surface area (TPSA) is 33.2 Å². The highest BCUT2D eigenvalue weighted by atomic mass is 16.2. The number of carbonyl (C=O) groups is 1. The Morgan fingerprint density at radius 2 is 1.24 bits per heavy atom. The molecular formula is C26H20N2O. The predicted octanol–water partition coefficient (Wildman–Crippen LogP) is 5.16. The quantitative estimate of drug-likeness (QED) is 0.461. The number of pyridine rings is 1. The fourth-order valence-corrected chi connectivity index (χ4v) is 4.48. The summed E-state index contributed by atoms with van der Waals surface area (Å²) in [5.41, 5.74) is 3.15. The van der Waals surface area contributed by atoms with Gasteiger partial charge in [0.05, 0.1) is 17.9 Å². The van der Waals surface area contributed by atoms with E-state index in [1.807, 2.05) is 71.6 Å². The normalized spacial score (nSPS) is 17.6. The minimum absolute atomic E-state index is 0.0664. The van der Waals surface area contributed by atoms with Crippen LogP contribution in [0.25, 0.3) is 0 Å². The van der Waals surface area contributed by atoms with Crippen LogP contribution in [-0.4, -0.2) is 10.9 Å². The Hall–Kier alpha value is -3.72. The lowest BCUT2D eigenvalue weighted by molar-refractivity contribution is -0.131. The third kappa shape index (κ3) is 2.59. The Labute approximate surface area is 170 Å². The minimum atomic E-state index is -0.778. The van der Waals surface area contributed by atoms with Gasteiger partial charge in [0.1, 0.15) is 5.41 Å². The maximum Gasteiger partial charge on any atom is 0.245 e. The van der Waals surface area contributed by atoms with Crippen LogP contribution < -0.4 is 4.90 Å². The molecule has 1 amide bonds. The van der Waals surface area contributed by atoms with E-state index in [1.54, 1.807) is 12.4 Å². The number of benzene rings is 3. The van der Waals surface area contributed by atoms with Crippen molar-refractivity contribution < 1.29 is 4.79 Å². The third-order valence-corrected chi connectivity index (χ3v) is 5.72. The number of anilines is 1. The molecule has 5 rings (SSSR count). The Kier molecular flexibility index (Phi) is 4.21. The molecule has 0 radical (unpaired) electrons. The lowest BCUT2D eigenvalue weighted by Gasteiger charge is -2.56. The number of hydrogen-bond donors (Lipinski definition) is 0. The standard InChI is InChI=1S/C26H20N2O/c29-25-26(21-13-6-2-7-14-21,22-15-8-3-9-16-22)24(20-11-4-1-5-12-20)28(25)23-17-10-18-27-19-23/h1-19,24H. The van der Waals surface area contributed by atoms with Gasteiger partial charge in [-0.05, 0) is 28.8 Å². The molecular weight excluding hydrogens is 356 g/mol. The van der Waals surface area contributed by atoms with Crippen LogP contribution in [0, 0.1) is 0 Å². The van der Waals surface area contributed by atoms with Crippen LogP contribution in [0.2, 0.25) is 0 Å². The Bertz CT molecular complexity index is 1070. The van der Waals surface area contributed by atoms with Gasteiger partial charge in [0, 0.05) is 6.20 Å². The van der Waals surface area contributed by atoms with Gasteiger partial charge in [-0.3, -0.25) is 9.78 Å². The number of β-lactam (4-membered cyclic amide) rings is 1. The largest absolute Gasteiger partial charge is 0.300 e. The zero-order chi connectivity index (χ0) is 19.7. The van der Waals surface area contributed by atoms with Gasteiger partial charge in [-0.25, -0.2) is 0 Å². The molecule has 3 heteroatoms. The fourth-order valence-electron chi connectivity index (χ4n) is 4.48. The number of amides is 1. The molecule has 1 saturated heterocycles. The van der Waals surface area contributed by atoms with Gasteiger partial charge >= 0.3 is 0 Å². The maximum absolute atomic E-state index is 14.0. The monoisotopic (exact) mass is 376 g/mol. The average Bonchev–Trinajstić information content (AvgIpc) is 2.80. The highest BCUT2D eigenvalue weighted by Crippen LogP contribution is 2.56. The zero-order valence-corrected chi connectivity index (χ0v) is 15.8. The highest BCUT2D eigenvalue weighted by molar-refractivity contribution is 6.12. The molecule has 1 aromatic heterocycles. The van der Waals surface area contributed by atoms with Crippen LogP contribution >= 0.6 is 0 Å². The lowest BCUT2D eigenvalue weighted by Crippen LogP contribution is -2.67. The fraction of sp³-hybridized carbons (Fsp3) is 0.0769. The molecule has 0 N–H and O–H groups in total. The van der Waals surface area contributed by atoms with Gasteiger partial charge < -0.3 is 4.90 Å². The summed E-state index contributed by atoms with van der Waals surface area (Å²) in [5, 5.41) is 0. The van der Waals surface area contributed by atoms with E-state index < -0.39 is 5.41 Å². The van der Waals surface area contributed by atoms with Crippen molar-refractivity contribution in [2.75, 3.05) is 4.90 Å². The van der Waals surface area contributed by atoms with Crippen molar-refractivity contribution in [2.24, 2.45) is 0 Å². The second kappa shape index (κ2) is 7.02. The van der Waals surface area contributed by atoms with E-state index in [9.17, 15) is 4.79 Å². The van der Waals surface area contributed by atoms with E-state index in [0.717, 1.165) is 22.4 Å². The van der Waals surface area contributed by atoms with E-state index in [0.29, 0.717) is 0 Å². The molecule has 1 atom stereocenters. The highest BCUT2D eigenvalue weighted by Gasteiger charge is 2.63. The molecule has 0 aliphatic carbocycles. The van der Waals surface area contributed by atoms with Gasteiger partial charge in [0.25, 0.3) is 0 Å². The van der Waals surface area contributed by atoms with Crippen LogP contribution in [0.4, 0.5) is 5.69 Å². The molecule has 0 saturated carbocycles. The molecule has 1 aliphatic heterocycles. The van der Waals surface area contributed by atoms with Crippen LogP contribution in [-0.2, 0) is 10.2 Å². The first-order chi connectivity index (χ1) is 14.3. The van der Waals surface area contributed by atoms with Gasteiger partial charge in [-0.1, -0.05) is 91.0 Å². The molecule has 140 valence electrons. The van der Waals surface area contributed by atoms with Gasteiger partial charge in [0.15, 0.2) is 0 Å². The number of hydrogen-bond acceptors (Lipinski definition) is 2. The van der Waals surface area contributed by atoms with Gasteiger partial charge in [-0.2, -0.15) is 0 Å². The van der Waals surface area contributed by atoms with Crippen molar-refractivity contribution in [1.82, 2.24) is 4.98 Å². The molecule has 29 heavy (non-hydrogen) atoms. The number of rotatable bonds is 4. The first-order valence-corrected chi connectivity index (χ1v) is 9.73. The lowest BCUT2D eigenvalue weighted by atomic mass is 9.59. The van der Waals surface area contributed by atoms with Crippen LogP contribution in [0.15, 0.2) is 116 Å². The Morgan fingerprint density at radius 1 is 0.690 bits per heavy atom. The Balaban J connectivity index is 1.78. The summed E-state index contributed by atoms with van der Waals surface area (Å²) in [7, 11) is 0. The SMILES string of the molecule is O=C1N(c2cccnc2)C(c2ccccc2)C1(c1ccccc1)c1ccccc1. The molecule has 3 nitrogen and oxygen atoms in total. The predicted molar refractivity (Wildman–Crippen MR) is 115 cm³/mol. The zero-order valence-electron chi connectivity index (χ0n) is 15.8. The number of carbonyl (C=O) groups excluding carboxylic acids is 1. The summed E-state index contributed by atoms with van der Waals surface area (Å²) < 4.78 is 0. The van der Waals surface area contributed by atoms with Crippen molar-refractivity contribution in [3.63, 3.8) is 0 Å². The Morgan fingerprint density at radius 3 is 1.76 bits per heavy atom. The first-order valence-electron chi connectivity index (χ1n) is 9.73. The summed E-state index contributed by atoms with van der Waals surface area (Å²) in [5.74, 6) is 0.0664. The van der Waals surface area contributed by atoms with Crippen molar-refractivity contribution >= 4 is 11.6 Å². The summed E-state index contributed by atoms with van der Waals surface area (Å²) in [6, 6.07) is 34.1. The minimum Gasteiger partial charge on any atom is -0.300 e. The van der Waals surface area contributed by atoms with Crippen LogP contribution in [0.1, 0.15) is 22.7 Å². The van der Waals surface area contributed by atoms with Crippen molar-refractivity contribution in [1.29, 1.82) is 0 Å². The van der Waals surface area contributed by atoms with E-state index in [4.69, 9.17) is 0 Å². The molecule has 1 fully saturated rings. The molecule has 0 spiro atoms. The molecule has 0 bridgehead atoms. The molecule has 1 unspecified atom stereocenters. The first kappa shape index (κ1) is 17.4. The summed E-state index contributed by atoms with van der Waals surface area (Å²) in [4.78, 5) is 20.1. The summed E-state index contributed by atoms with van der Waals surface area (Å²) in [6.07, 6.45) is 3.49. The van der Waals surface area contributed by atoms with Crippen molar-refractivity contribution in [2.45, 2.75) is 11.5 Å². The van der Waals surface area contributed by atoms with Crippen molar-refractivity contribution in [3.05, 3.63) is 132 Å². The average molecular weight is 376 g/mol. The third-order valence-electron chi connectivity index (χ3n) is 5.72. The van der Waals surface area contributed by atoms with Crippen molar-refractivity contribution in [3.8, 4) is 0 Å². The van der Waals surface area contributed by atoms with Crippen LogP contribution in [0.5, 0.6) is 0 Å². The molecule has 1 aliphatic rings. The second-order valence-electron chi connectivity index (χ2n) is 7.24.